The maximum atomic E-state index is 12.0. The Bertz CT molecular complexity index is 518. The Morgan fingerprint density at radius 3 is 2.14 bits per heavy atom. The van der Waals surface area contributed by atoms with E-state index in [2.05, 4.69) is 11.8 Å². The molecule has 0 aliphatic carbocycles. The zero-order chi connectivity index (χ0) is 16.0. The second-order valence-electron chi connectivity index (χ2n) is 5.41. The number of carbonyl (C=O) groups excluding carboxylic acids is 1. The minimum absolute atomic E-state index is 0.0556. The number of nitrogens with one attached hydrogen (secondary N) is 1. The maximum Gasteiger partial charge on any atom is 0.223 e. The molecule has 0 aromatic rings. The van der Waals surface area contributed by atoms with Gasteiger partial charge in [0.25, 0.3) is 0 Å². The van der Waals surface area contributed by atoms with E-state index in [-0.39, 0.29) is 18.1 Å². The summed E-state index contributed by atoms with van der Waals surface area (Å²) < 4.78 is 22.2. The Morgan fingerprint density at radius 1 is 1.19 bits per heavy atom. The molecule has 0 atom stereocenters. The van der Waals surface area contributed by atoms with Crippen molar-refractivity contribution in [3.05, 3.63) is 11.3 Å². The first-order valence-electron chi connectivity index (χ1n) is 7.19. The average molecular weight is 315 g/mol. The van der Waals surface area contributed by atoms with Crippen LogP contribution >= 0.6 is 0 Å². The van der Waals surface area contributed by atoms with Gasteiger partial charge in [-0.15, -0.1) is 0 Å². The Hall–Kier alpha value is -1.37. The topological polar surface area (TPSA) is 81.5 Å². The standard InChI is InChI=1S/C14H25N3O3S/c1-4-12(2)13(11-15)16-6-8-17(9-7-16)14(18)5-10-21(3,19)20/h11,15H,4-10H2,1-3H3/b13-12+,15-11?. The Labute approximate surface area is 127 Å². The van der Waals surface area contributed by atoms with E-state index in [9.17, 15) is 13.2 Å². The van der Waals surface area contributed by atoms with Gasteiger partial charge >= 0.3 is 0 Å². The number of piperazine rings is 1. The van der Waals surface area contributed by atoms with Crippen LogP contribution in [0.4, 0.5) is 0 Å². The second kappa shape index (κ2) is 7.59. The van der Waals surface area contributed by atoms with Crippen LogP contribution in [0.15, 0.2) is 11.3 Å². The van der Waals surface area contributed by atoms with Crippen molar-refractivity contribution < 1.29 is 13.2 Å². The minimum atomic E-state index is -3.10. The molecule has 1 heterocycles. The lowest BCUT2D eigenvalue weighted by Crippen LogP contribution is -2.48. The second-order valence-corrected chi connectivity index (χ2v) is 7.67. The molecule has 120 valence electrons. The average Bonchev–Trinajstić information content (AvgIpc) is 2.45. The van der Waals surface area contributed by atoms with Crippen molar-refractivity contribution in [1.29, 1.82) is 5.41 Å². The van der Waals surface area contributed by atoms with E-state index in [0.29, 0.717) is 26.2 Å². The quantitative estimate of drug-likeness (QED) is 0.738. The van der Waals surface area contributed by atoms with Crippen molar-refractivity contribution >= 4 is 22.0 Å². The van der Waals surface area contributed by atoms with E-state index >= 15 is 0 Å². The summed E-state index contributed by atoms with van der Waals surface area (Å²) >= 11 is 0. The summed E-state index contributed by atoms with van der Waals surface area (Å²) in [5.74, 6) is -0.195. The highest BCUT2D eigenvalue weighted by Gasteiger charge is 2.22. The molecule has 1 aliphatic heterocycles. The predicted octanol–water partition coefficient (Wildman–Crippen LogP) is 0.899. The molecule has 1 saturated heterocycles. The molecule has 1 amide bonds. The van der Waals surface area contributed by atoms with Crippen LogP contribution in [0, 0.1) is 5.41 Å². The van der Waals surface area contributed by atoms with Gasteiger partial charge in [-0.1, -0.05) is 6.92 Å². The van der Waals surface area contributed by atoms with Crippen molar-refractivity contribution in [3.63, 3.8) is 0 Å². The van der Waals surface area contributed by atoms with Gasteiger partial charge in [0.15, 0.2) is 0 Å². The van der Waals surface area contributed by atoms with Gasteiger partial charge in [-0.3, -0.25) is 4.79 Å². The van der Waals surface area contributed by atoms with Crippen LogP contribution in [0.1, 0.15) is 26.7 Å². The lowest BCUT2D eigenvalue weighted by atomic mass is 10.1. The smallest absolute Gasteiger partial charge is 0.223 e. The number of hydrogen-bond donors (Lipinski definition) is 1. The van der Waals surface area contributed by atoms with Gasteiger partial charge in [-0.25, -0.2) is 8.42 Å². The third kappa shape index (κ3) is 5.49. The first-order valence-corrected chi connectivity index (χ1v) is 9.25. The molecule has 1 fully saturated rings. The Morgan fingerprint density at radius 2 is 1.71 bits per heavy atom. The van der Waals surface area contributed by atoms with E-state index in [1.165, 1.54) is 11.8 Å². The van der Waals surface area contributed by atoms with Crippen LogP contribution < -0.4 is 0 Å². The first kappa shape index (κ1) is 17.7. The van der Waals surface area contributed by atoms with E-state index < -0.39 is 9.84 Å². The van der Waals surface area contributed by atoms with E-state index in [1.54, 1.807) is 4.90 Å². The number of nitrogens with zero attached hydrogens (tertiary/aromatic N) is 2. The summed E-state index contributed by atoms with van der Waals surface area (Å²) in [5.41, 5.74) is 2.10. The molecular formula is C14H25N3O3S. The van der Waals surface area contributed by atoms with Crippen LogP contribution in [-0.2, 0) is 14.6 Å². The van der Waals surface area contributed by atoms with Gasteiger partial charge in [0.05, 0.1) is 11.4 Å². The van der Waals surface area contributed by atoms with Crippen molar-refractivity contribution in [3.8, 4) is 0 Å². The van der Waals surface area contributed by atoms with Crippen LogP contribution in [0.2, 0.25) is 0 Å². The van der Waals surface area contributed by atoms with Crippen molar-refractivity contribution in [2.75, 3.05) is 38.2 Å². The molecule has 0 radical (unpaired) electrons. The Kier molecular flexibility index (Phi) is 6.39. The molecule has 21 heavy (non-hydrogen) atoms. The molecule has 0 unspecified atom stereocenters. The van der Waals surface area contributed by atoms with Gasteiger partial charge in [0.2, 0.25) is 5.91 Å². The highest BCUT2D eigenvalue weighted by molar-refractivity contribution is 7.90. The monoisotopic (exact) mass is 315 g/mol. The van der Waals surface area contributed by atoms with Gasteiger partial charge in [-0.2, -0.15) is 0 Å². The molecule has 1 rings (SSSR count). The number of amides is 1. The fourth-order valence-electron chi connectivity index (χ4n) is 2.29. The van der Waals surface area contributed by atoms with Gasteiger partial charge in [-0.05, 0) is 18.9 Å². The first-order chi connectivity index (χ1) is 9.78. The number of hydrogen-bond acceptors (Lipinski definition) is 5. The highest BCUT2D eigenvalue weighted by atomic mass is 32.2. The molecule has 0 saturated carbocycles. The molecule has 7 heteroatoms. The van der Waals surface area contributed by atoms with Gasteiger partial charge < -0.3 is 15.2 Å². The van der Waals surface area contributed by atoms with Crippen molar-refractivity contribution in [1.82, 2.24) is 9.80 Å². The zero-order valence-corrected chi connectivity index (χ0v) is 13.9. The molecule has 0 aromatic heterocycles. The molecule has 0 bridgehead atoms. The molecule has 0 aromatic carbocycles. The van der Waals surface area contributed by atoms with Gasteiger partial charge in [0.1, 0.15) is 9.84 Å². The number of rotatable bonds is 6. The summed E-state index contributed by atoms with van der Waals surface area (Å²) in [4.78, 5) is 15.8. The lowest BCUT2D eigenvalue weighted by Gasteiger charge is -2.37. The molecule has 6 nitrogen and oxygen atoms in total. The SMILES string of the molecule is CC/C(C)=C(\C=N)N1CCN(C(=O)CCS(C)(=O)=O)CC1. The molecule has 0 spiro atoms. The fourth-order valence-corrected chi connectivity index (χ4v) is 2.84. The molecule has 1 aliphatic rings. The van der Waals surface area contributed by atoms with E-state index in [4.69, 9.17) is 5.41 Å². The number of carbonyl (C=O) groups is 1. The minimum Gasteiger partial charge on any atom is -0.367 e. The predicted molar refractivity (Wildman–Crippen MR) is 84.3 cm³/mol. The molecular weight excluding hydrogens is 290 g/mol. The molecule has 1 N–H and O–H groups in total. The largest absolute Gasteiger partial charge is 0.367 e. The van der Waals surface area contributed by atoms with Crippen LogP contribution in [0.25, 0.3) is 0 Å². The number of allylic oxidation sites excluding steroid dienone is 2. The Balaban J connectivity index is 2.56. The van der Waals surface area contributed by atoms with E-state index in [0.717, 1.165) is 18.4 Å². The van der Waals surface area contributed by atoms with E-state index in [1.807, 2.05) is 6.92 Å². The van der Waals surface area contributed by atoms with Crippen molar-refractivity contribution in [2.45, 2.75) is 26.7 Å². The summed E-state index contributed by atoms with van der Waals surface area (Å²) in [6.07, 6.45) is 3.48. The van der Waals surface area contributed by atoms with Crippen LogP contribution in [0.5, 0.6) is 0 Å². The van der Waals surface area contributed by atoms with Crippen LogP contribution in [0.3, 0.4) is 0 Å². The van der Waals surface area contributed by atoms with Gasteiger partial charge in [0, 0.05) is 45.1 Å². The fraction of sp³-hybridized carbons (Fsp3) is 0.714. The zero-order valence-electron chi connectivity index (χ0n) is 13.1. The number of sulfone groups is 1. The summed E-state index contributed by atoms with van der Waals surface area (Å²) in [6, 6.07) is 0. The summed E-state index contributed by atoms with van der Waals surface area (Å²) in [6.45, 7) is 6.61. The lowest BCUT2D eigenvalue weighted by molar-refractivity contribution is -0.132. The maximum absolute atomic E-state index is 12.0. The van der Waals surface area contributed by atoms with Crippen LogP contribution in [-0.4, -0.2) is 68.5 Å². The normalized spacial score (nSPS) is 17.5. The summed E-state index contributed by atoms with van der Waals surface area (Å²) in [5, 5.41) is 7.53. The third-order valence-electron chi connectivity index (χ3n) is 3.76. The summed E-state index contributed by atoms with van der Waals surface area (Å²) in [7, 11) is -3.10. The van der Waals surface area contributed by atoms with Crippen molar-refractivity contribution in [2.24, 2.45) is 0 Å². The third-order valence-corrected chi connectivity index (χ3v) is 4.71. The highest BCUT2D eigenvalue weighted by Crippen LogP contribution is 2.14.